The van der Waals surface area contributed by atoms with Crippen molar-refractivity contribution in [3.8, 4) is 11.1 Å². The Labute approximate surface area is 193 Å². The summed E-state index contributed by atoms with van der Waals surface area (Å²) in [5.74, 6) is -1.70. The van der Waals surface area contributed by atoms with Crippen LogP contribution in [0.15, 0.2) is 48.5 Å². The maximum Gasteiger partial charge on any atom is 0.407 e. The first kappa shape index (κ1) is 22.8. The number of carbonyl (C=O) groups excluding carboxylic acids is 2. The number of alkyl carbamates (subject to hydrolysis) is 1. The minimum Gasteiger partial charge on any atom is -0.481 e. The Bertz CT molecular complexity index is 1000. The summed E-state index contributed by atoms with van der Waals surface area (Å²) in [5, 5.41) is 14.6. The van der Waals surface area contributed by atoms with Gasteiger partial charge in [-0.25, -0.2) is 4.79 Å². The summed E-state index contributed by atoms with van der Waals surface area (Å²) < 4.78 is 5.60. The van der Waals surface area contributed by atoms with Gasteiger partial charge in [0.2, 0.25) is 5.91 Å². The van der Waals surface area contributed by atoms with Crippen molar-refractivity contribution in [1.29, 1.82) is 0 Å². The number of carboxylic acid groups (broad SMARTS) is 1. The van der Waals surface area contributed by atoms with Crippen LogP contribution >= 0.6 is 0 Å². The summed E-state index contributed by atoms with van der Waals surface area (Å²) in [6.07, 6.45) is 0.900. The summed E-state index contributed by atoms with van der Waals surface area (Å²) in [5.41, 5.74) is 4.56. The molecule has 2 aliphatic rings. The van der Waals surface area contributed by atoms with Crippen molar-refractivity contribution in [1.82, 2.24) is 10.6 Å². The zero-order chi connectivity index (χ0) is 23.5. The summed E-state index contributed by atoms with van der Waals surface area (Å²) in [6, 6.07) is 15.3. The number of hydrogen-bond donors (Lipinski definition) is 3. The lowest BCUT2D eigenvalue weighted by atomic mass is 9.80. The normalized spacial score (nSPS) is 20.5. The molecule has 2 atom stereocenters. The van der Waals surface area contributed by atoms with Gasteiger partial charge in [0.25, 0.3) is 0 Å². The number of carbonyl (C=O) groups is 3. The van der Waals surface area contributed by atoms with Crippen LogP contribution in [0.2, 0.25) is 0 Å². The van der Waals surface area contributed by atoms with Gasteiger partial charge >= 0.3 is 12.1 Å². The molecular weight excluding hydrogens is 420 g/mol. The van der Waals surface area contributed by atoms with E-state index in [4.69, 9.17) is 9.84 Å². The first-order valence-electron chi connectivity index (χ1n) is 11.5. The third kappa shape index (κ3) is 4.72. The van der Waals surface area contributed by atoms with E-state index >= 15 is 0 Å². The second-order valence-corrected chi connectivity index (χ2v) is 9.05. The van der Waals surface area contributed by atoms with Crippen LogP contribution < -0.4 is 10.6 Å². The number of carboxylic acids is 1. The highest BCUT2D eigenvalue weighted by Gasteiger charge is 2.37. The number of aliphatic carboxylic acids is 1. The van der Waals surface area contributed by atoms with Crippen LogP contribution in [0.4, 0.5) is 4.79 Å². The van der Waals surface area contributed by atoms with Gasteiger partial charge in [0.15, 0.2) is 0 Å². The van der Waals surface area contributed by atoms with Crippen LogP contribution in [-0.2, 0) is 14.3 Å². The van der Waals surface area contributed by atoms with Crippen molar-refractivity contribution in [2.45, 2.75) is 51.1 Å². The Morgan fingerprint density at radius 3 is 2.15 bits per heavy atom. The first-order valence-corrected chi connectivity index (χ1v) is 11.5. The van der Waals surface area contributed by atoms with E-state index < -0.39 is 24.0 Å². The van der Waals surface area contributed by atoms with E-state index in [1.165, 1.54) is 0 Å². The van der Waals surface area contributed by atoms with Crippen LogP contribution in [0.3, 0.4) is 0 Å². The van der Waals surface area contributed by atoms with Gasteiger partial charge in [-0.3, -0.25) is 9.59 Å². The second kappa shape index (κ2) is 9.65. The van der Waals surface area contributed by atoms with Crippen molar-refractivity contribution in [3.05, 3.63) is 59.7 Å². The molecule has 174 valence electrons. The minimum atomic E-state index is -0.837. The number of hydrogen-bond acceptors (Lipinski definition) is 4. The molecule has 0 unspecified atom stereocenters. The molecule has 0 spiro atoms. The molecule has 0 saturated heterocycles. The van der Waals surface area contributed by atoms with Gasteiger partial charge in [0.05, 0.1) is 5.92 Å². The largest absolute Gasteiger partial charge is 0.481 e. The topological polar surface area (TPSA) is 105 Å². The van der Waals surface area contributed by atoms with Gasteiger partial charge in [-0.1, -0.05) is 68.8 Å². The Kier molecular flexibility index (Phi) is 6.67. The monoisotopic (exact) mass is 450 g/mol. The molecule has 1 saturated carbocycles. The molecular formula is C26H30N2O5. The molecule has 0 radical (unpaired) electrons. The van der Waals surface area contributed by atoms with Crippen molar-refractivity contribution < 1.29 is 24.2 Å². The second-order valence-electron chi connectivity index (χ2n) is 9.05. The van der Waals surface area contributed by atoms with E-state index in [2.05, 4.69) is 34.9 Å². The molecule has 4 rings (SSSR count). The third-order valence-electron chi connectivity index (χ3n) is 6.95. The predicted octanol–water partition coefficient (Wildman–Crippen LogP) is 3.92. The Hall–Kier alpha value is -3.35. The molecule has 7 heteroatoms. The third-order valence-corrected chi connectivity index (χ3v) is 6.95. The highest BCUT2D eigenvalue weighted by molar-refractivity contribution is 5.86. The van der Waals surface area contributed by atoms with Gasteiger partial charge < -0.3 is 20.5 Å². The molecule has 7 nitrogen and oxygen atoms in total. The van der Waals surface area contributed by atoms with Crippen molar-refractivity contribution in [2.24, 2.45) is 11.8 Å². The predicted molar refractivity (Wildman–Crippen MR) is 124 cm³/mol. The molecule has 0 aliphatic heterocycles. The molecule has 2 aliphatic carbocycles. The van der Waals surface area contributed by atoms with Crippen LogP contribution in [-0.4, -0.2) is 41.8 Å². The van der Waals surface area contributed by atoms with Gasteiger partial charge in [-0.15, -0.1) is 0 Å². The minimum absolute atomic E-state index is 0.0537. The molecule has 0 heterocycles. The van der Waals surface area contributed by atoms with E-state index in [1.807, 2.05) is 38.1 Å². The molecule has 0 aromatic heterocycles. The molecule has 3 N–H and O–H groups in total. The maximum atomic E-state index is 12.8. The van der Waals surface area contributed by atoms with E-state index in [-0.39, 0.29) is 30.4 Å². The fourth-order valence-corrected chi connectivity index (χ4v) is 4.70. The van der Waals surface area contributed by atoms with E-state index in [1.54, 1.807) is 0 Å². The van der Waals surface area contributed by atoms with Crippen LogP contribution in [0, 0.1) is 11.8 Å². The zero-order valence-electron chi connectivity index (χ0n) is 18.9. The summed E-state index contributed by atoms with van der Waals surface area (Å²) in [6.45, 7) is 4.03. The molecule has 2 amide bonds. The van der Waals surface area contributed by atoms with E-state index in [9.17, 15) is 14.4 Å². The lowest BCUT2D eigenvalue weighted by Gasteiger charge is -2.34. The van der Waals surface area contributed by atoms with Crippen molar-refractivity contribution >= 4 is 18.0 Å². The lowest BCUT2D eigenvalue weighted by molar-refractivity contribution is -0.146. The lowest BCUT2D eigenvalue weighted by Crippen LogP contribution is -2.55. The summed E-state index contributed by atoms with van der Waals surface area (Å²) >= 11 is 0. The zero-order valence-corrected chi connectivity index (χ0v) is 18.9. The molecule has 1 fully saturated rings. The standard InChI is InChI=1S/C26H30N2O5/c1-3-15(2)23(24(29)27-17-12-16(13-17)25(30)31)28-26(32)33-14-22-20-10-6-4-8-18(20)19-9-5-7-11-21(19)22/h4-11,15-17,22-23H,3,12-14H2,1-2H3,(H,27,29)(H,28,32)(H,30,31)/t15-,16?,17?,23-/m0/s1. The highest BCUT2D eigenvalue weighted by atomic mass is 16.5. The fraction of sp³-hybridized carbons (Fsp3) is 0.423. The Balaban J connectivity index is 1.37. The quantitative estimate of drug-likeness (QED) is 0.565. The SMILES string of the molecule is CC[C@H](C)[C@H](NC(=O)OCC1c2ccccc2-c2ccccc21)C(=O)NC1CC(C(=O)O)C1. The molecule has 2 aromatic carbocycles. The molecule has 0 bridgehead atoms. The Morgan fingerprint density at radius 1 is 1.03 bits per heavy atom. The number of rotatable bonds is 8. The van der Waals surface area contributed by atoms with Crippen LogP contribution in [0.5, 0.6) is 0 Å². The maximum absolute atomic E-state index is 12.8. The smallest absolute Gasteiger partial charge is 0.407 e. The van der Waals surface area contributed by atoms with E-state index in [0.29, 0.717) is 19.3 Å². The van der Waals surface area contributed by atoms with E-state index in [0.717, 1.165) is 22.3 Å². The fourth-order valence-electron chi connectivity index (χ4n) is 4.70. The number of nitrogens with one attached hydrogen (secondary N) is 2. The average molecular weight is 451 g/mol. The summed E-state index contributed by atoms with van der Waals surface area (Å²) in [4.78, 5) is 36.5. The van der Waals surface area contributed by atoms with Crippen molar-refractivity contribution in [3.63, 3.8) is 0 Å². The van der Waals surface area contributed by atoms with Gasteiger partial charge in [0.1, 0.15) is 12.6 Å². The Morgan fingerprint density at radius 2 is 1.61 bits per heavy atom. The van der Waals surface area contributed by atoms with Crippen LogP contribution in [0.1, 0.15) is 50.2 Å². The number of benzene rings is 2. The average Bonchev–Trinajstić information content (AvgIpc) is 3.11. The number of ether oxygens (including phenoxy) is 1. The highest BCUT2D eigenvalue weighted by Crippen LogP contribution is 2.44. The molecule has 33 heavy (non-hydrogen) atoms. The van der Waals surface area contributed by atoms with Crippen molar-refractivity contribution in [2.75, 3.05) is 6.61 Å². The van der Waals surface area contributed by atoms with Gasteiger partial charge in [-0.2, -0.15) is 0 Å². The van der Waals surface area contributed by atoms with Gasteiger partial charge in [-0.05, 0) is 41.0 Å². The number of amides is 2. The summed E-state index contributed by atoms with van der Waals surface area (Å²) in [7, 11) is 0. The first-order chi connectivity index (χ1) is 15.9. The number of fused-ring (bicyclic) bond motifs is 3. The molecule has 2 aromatic rings. The van der Waals surface area contributed by atoms with Crippen LogP contribution in [0.25, 0.3) is 11.1 Å². The van der Waals surface area contributed by atoms with Gasteiger partial charge in [0, 0.05) is 12.0 Å².